The first kappa shape index (κ1) is 22.6. The zero-order chi connectivity index (χ0) is 24.5. The van der Waals surface area contributed by atoms with Crippen molar-refractivity contribution < 1.29 is 14.3 Å². The van der Waals surface area contributed by atoms with Crippen LogP contribution in [0.4, 0.5) is 5.69 Å². The van der Waals surface area contributed by atoms with Gasteiger partial charge < -0.3 is 10.1 Å². The molecule has 1 fully saturated rings. The zero-order valence-electron chi connectivity index (χ0n) is 20.0. The molecule has 3 aromatic carbocycles. The molecule has 0 saturated heterocycles. The lowest BCUT2D eigenvalue weighted by Crippen LogP contribution is -2.13. The van der Waals surface area contributed by atoms with Crippen LogP contribution in [0, 0.1) is 19.8 Å². The average molecular weight is 466 g/mol. The van der Waals surface area contributed by atoms with E-state index in [0.29, 0.717) is 17.1 Å². The number of anilines is 1. The first-order valence-electron chi connectivity index (χ1n) is 11.8. The molecule has 0 spiro atoms. The number of rotatable bonds is 6. The molecule has 1 N–H and O–H groups in total. The van der Waals surface area contributed by atoms with Crippen molar-refractivity contribution in [3.8, 4) is 34.0 Å². The number of amides is 1. The maximum Gasteiger partial charge on any atom is 0.309 e. The topological polar surface area (TPSA) is 73.2 Å². The van der Waals surface area contributed by atoms with Gasteiger partial charge in [-0.1, -0.05) is 54.1 Å². The van der Waals surface area contributed by atoms with E-state index in [1.807, 2.05) is 86.6 Å². The quantitative estimate of drug-likeness (QED) is 0.349. The van der Waals surface area contributed by atoms with Crippen molar-refractivity contribution >= 4 is 17.6 Å². The molecule has 0 radical (unpaired) electrons. The first-order valence-corrected chi connectivity index (χ1v) is 11.8. The largest absolute Gasteiger partial charge is 0.407 e. The van der Waals surface area contributed by atoms with E-state index in [0.717, 1.165) is 46.5 Å². The molecule has 35 heavy (non-hydrogen) atoms. The third-order valence-electron chi connectivity index (χ3n) is 6.04. The Kier molecular flexibility index (Phi) is 5.95. The maximum absolute atomic E-state index is 12.2. The Balaban J connectivity index is 1.66. The second-order valence-electron chi connectivity index (χ2n) is 9.08. The van der Waals surface area contributed by atoms with Crippen LogP contribution in [0.2, 0.25) is 0 Å². The van der Waals surface area contributed by atoms with Crippen molar-refractivity contribution in [2.24, 2.45) is 5.92 Å². The summed E-state index contributed by atoms with van der Waals surface area (Å²) >= 11 is 0. The Labute approximate surface area is 204 Å². The smallest absolute Gasteiger partial charge is 0.309 e. The van der Waals surface area contributed by atoms with E-state index < -0.39 is 5.97 Å². The minimum atomic E-state index is -0.427. The summed E-state index contributed by atoms with van der Waals surface area (Å²) in [6, 6.07) is 23.6. The van der Waals surface area contributed by atoms with Crippen molar-refractivity contribution in [3.63, 3.8) is 0 Å². The fourth-order valence-electron chi connectivity index (χ4n) is 4.05. The van der Waals surface area contributed by atoms with Gasteiger partial charge in [-0.15, -0.1) is 0 Å². The number of aromatic nitrogens is 2. The molecule has 0 aliphatic heterocycles. The molecule has 1 heterocycles. The van der Waals surface area contributed by atoms with Crippen molar-refractivity contribution in [2.75, 3.05) is 5.32 Å². The van der Waals surface area contributed by atoms with Gasteiger partial charge in [0.25, 0.3) is 0 Å². The Morgan fingerprint density at radius 3 is 2.23 bits per heavy atom. The molecule has 4 aromatic rings. The first-order chi connectivity index (χ1) is 16.9. The highest BCUT2D eigenvalue weighted by Gasteiger charge is 2.29. The summed E-state index contributed by atoms with van der Waals surface area (Å²) in [6.45, 7) is 5.43. The molecule has 0 bridgehead atoms. The number of ether oxygens (including phenoxy) is 1. The predicted molar refractivity (Wildman–Crippen MR) is 137 cm³/mol. The summed E-state index contributed by atoms with van der Waals surface area (Å²) in [7, 11) is 0. The van der Waals surface area contributed by atoms with E-state index in [9.17, 15) is 9.59 Å². The van der Waals surface area contributed by atoms with Gasteiger partial charge in [-0.2, -0.15) is 9.78 Å². The molecule has 0 atom stereocenters. The fraction of sp³-hybridized carbons (Fsp3) is 0.207. The molecule has 5 rings (SSSR count). The van der Waals surface area contributed by atoms with Crippen LogP contribution >= 0.6 is 0 Å². The predicted octanol–water partition coefficient (Wildman–Crippen LogP) is 6.10. The standard InChI is InChI=1S/C29H27N3O3/c1-18-7-9-22(10-8-18)27-26(21-13-15-24(16-14-21)30-28(34)23-11-12-23)29(35-20(3)33)32(31-27)25-6-4-5-19(2)17-25/h4-10,13-17,23H,11-12H2,1-3H3,(H,30,34). The van der Waals surface area contributed by atoms with Crippen LogP contribution in [0.5, 0.6) is 5.88 Å². The van der Waals surface area contributed by atoms with E-state index in [1.165, 1.54) is 6.92 Å². The summed E-state index contributed by atoms with van der Waals surface area (Å²) < 4.78 is 7.46. The minimum absolute atomic E-state index is 0.0611. The molecular formula is C29H27N3O3. The highest BCUT2D eigenvalue weighted by molar-refractivity contribution is 5.94. The van der Waals surface area contributed by atoms with Gasteiger partial charge in [-0.25, -0.2) is 0 Å². The average Bonchev–Trinajstić information content (AvgIpc) is 3.62. The third-order valence-corrected chi connectivity index (χ3v) is 6.04. The highest BCUT2D eigenvalue weighted by atomic mass is 16.5. The summed E-state index contributed by atoms with van der Waals surface area (Å²) in [5.41, 5.74) is 6.92. The number of nitrogens with zero attached hydrogens (tertiary/aromatic N) is 2. The van der Waals surface area contributed by atoms with Crippen LogP contribution in [0.1, 0.15) is 30.9 Å². The molecule has 1 amide bonds. The molecule has 6 nitrogen and oxygen atoms in total. The van der Waals surface area contributed by atoms with E-state index in [1.54, 1.807) is 4.68 Å². The van der Waals surface area contributed by atoms with Gasteiger partial charge in [0.15, 0.2) is 0 Å². The summed E-state index contributed by atoms with van der Waals surface area (Å²) in [5, 5.41) is 7.90. The summed E-state index contributed by atoms with van der Waals surface area (Å²) in [6.07, 6.45) is 1.90. The second-order valence-corrected chi connectivity index (χ2v) is 9.08. The van der Waals surface area contributed by atoms with Crippen LogP contribution in [0.25, 0.3) is 28.1 Å². The summed E-state index contributed by atoms with van der Waals surface area (Å²) in [5.74, 6) is 0.120. The number of hydrogen-bond donors (Lipinski definition) is 1. The van der Waals surface area contributed by atoms with Gasteiger partial charge >= 0.3 is 5.97 Å². The zero-order valence-corrected chi connectivity index (χ0v) is 20.0. The Bertz CT molecular complexity index is 1400. The van der Waals surface area contributed by atoms with Crippen molar-refractivity contribution in [2.45, 2.75) is 33.6 Å². The lowest BCUT2D eigenvalue weighted by Gasteiger charge is -2.11. The van der Waals surface area contributed by atoms with E-state index in [4.69, 9.17) is 9.84 Å². The Hall–Kier alpha value is -4.19. The maximum atomic E-state index is 12.2. The molecule has 1 saturated carbocycles. The second kappa shape index (κ2) is 9.22. The normalized spacial score (nSPS) is 12.9. The van der Waals surface area contributed by atoms with Crippen molar-refractivity contribution in [3.05, 3.63) is 83.9 Å². The fourth-order valence-corrected chi connectivity index (χ4v) is 4.05. The Morgan fingerprint density at radius 2 is 1.60 bits per heavy atom. The van der Waals surface area contributed by atoms with Crippen LogP contribution in [0.3, 0.4) is 0 Å². The van der Waals surface area contributed by atoms with Crippen LogP contribution in [-0.2, 0) is 9.59 Å². The minimum Gasteiger partial charge on any atom is -0.407 e. The van der Waals surface area contributed by atoms with Gasteiger partial charge in [0, 0.05) is 24.1 Å². The van der Waals surface area contributed by atoms with Gasteiger partial charge in [0.1, 0.15) is 5.69 Å². The Morgan fingerprint density at radius 1 is 0.914 bits per heavy atom. The molecule has 1 aliphatic carbocycles. The molecule has 1 aliphatic rings. The SMILES string of the molecule is CC(=O)Oc1c(-c2ccc(NC(=O)C3CC3)cc2)c(-c2ccc(C)cc2)nn1-c1cccc(C)c1. The van der Waals surface area contributed by atoms with Gasteiger partial charge in [-0.05, 0) is 62.1 Å². The molecule has 0 unspecified atom stereocenters. The number of aryl methyl sites for hydroxylation is 2. The number of carbonyl (C=O) groups is 2. The summed E-state index contributed by atoms with van der Waals surface area (Å²) in [4.78, 5) is 24.3. The molecule has 6 heteroatoms. The van der Waals surface area contributed by atoms with Gasteiger partial charge in [-0.3, -0.25) is 9.59 Å². The number of hydrogen-bond acceptors (Lipinski definition) is 4. The highest BCUT2D eigenvalue weighted by Crippen LogP contribution is 2.41. The van der Waals surface area contributed by atoms with E-state index in [2.05, 4.69) is 5.32 Å². The van der Waals surface area contributed by atoms with Crippen molar-refractivity contribution in [1.82, 2.24) is 9.78 Å². The van der Waals surface area contributed by atoms with Crippen molar-refractivity contribution in [1.29, 1.82) is 0 Å². The molecular weight excluding hydrogens is 438 g/mol. The van der Waals surface area contributed by atoms with E-state index >= 15 is 0 Å². The third kappa shape index (κ3) is 4.87. The van der Waals surface area contributed by atoms with Gasteiger partial charge in [0.2, 0.25) is 11.8 Å². The van der Waals surface area contributed by atoms with Gasteiger partial charge in [0.05, 0.1) is 11.3 Å². The molecule has 176 valence electrons. The van der Waals surface area contributed by atoms with Crippen LogP contribution < -0.4 is 10.1 Å². The monoisotopic (exact) mass is 465 g/mol. The number of benzene rings is 3. The molecule has 1 aromatic heterocycles. The van der Waals surface area contributed by atoms with Crippen LogP contribution in [0.15, 0.2) is 72.8 Å². The lowest BCUT2D eigenvalue weighted by molar-refractivity contribution is -0.132. The number of nitrogens with one attached hydrogen (secondary N) is 1. The number of carbonyl (C=O) groups excluding carboxylic acids is 2. The van der Waals surface area contributed by atoms with Crippen LogP contribution in [-0.4, -0.2) is 21.7 Å². The number of esters is 1. The van der Waals surface area contributed by atoms with E-state index in [-0.39, 0.29) is 11.8 Å². The lowest BCUT2D eigenvalue weighted by atomic mass is 10.00.